The molecule has 102 valence electrons. The first kappa shape index (κ1) is 13.4. The van der Waals surface area contributed by atoms with Gasteiger partial charge in [0.2, 0.25) is 5.91 Å². The number of carbonyl (C=O) groups excluding carboxylic acids is 2. The minimum absolute atomic E-state index is 0.0111. The zero-order valence-electron chi connectivity index (χ0n) is 11.3. The monoisotopic (exact) mass is 261 g/mol. The molecule has 0 unspecified atom stereocenters. The Balaban J connectivity index is 2.14. The number of amides is 2. The quantitative estimate of drug-likeness (QED) is 0.835. The van der Waals surface area contributed by atoms with Crippen molar-refractivity contribution in [2.24, 2.45) is 0 Å². The molecule has 0 bridgehead atoms. The number of nitrogens with zero attached hydrogens (tertiary/aromatic N) is 1. The third kappa shape index (κ3) is 3.05. The minimum atomic E-state index is -0.0118. The van der Waals surface area contributed by atoms with Crippen molar-refractivity contribution in [3.05, 3.63) is 29.3 Å². The molecule has 2 rings (SSSR count). The number of anilines is 1. The van der Waals surface area contributed by atoms with Gasteiger partial charge in [-0.3, -0.25) is 9.59 Å². The summed E-state index contributed by atoms with van der Waals surface area (Å²) in [7, 11) is 1.86. The number of hydrogen-bond acceptors (Lipinski definition) is 3. The van der Waals surface area contributed by atoms with E-state index in [9.17, 15) is 9.59 Å². The highest BCUT2D eigenvalue weighted by atomic mass is 16.2. The van der Waals surface area contributed by atoms with Gasteiger partial charge in [0.25, 0.3) is 5.91 Å². The summed E-state index contributed by atoms with van der Waals surface area (Å²) < 4.78 is 0. The third-order valence-corrected chi connectivity index (χ3v) is 3.34. The first-order valence-corrected chi connectivity index (χ1v) is 6.46. The smallest absolute Gasteiger partial charge is 0.253 e. The van der Waals surface area contributed by atoms with E-state index in [0.717, 1.165) is 11.3 Å². The molecule has 1 aliphatic heterocycles. The Kier molecular flexibility index (Phi) is 4.04. The zero-order chi connectivity index (χ0) is 13.8. The molecule has 5 heteroatoms. The van der Waals surface area contributed by atoms with Crippen LogP contribution in [-0.2, 0) is 4.79 Å². The van der Waals surface area contributed by atoms with Gasteiger partial charge in [-0.15, -0.1) is 0 Å². The second-order valence-electron chi connectivity index (χ2n) is 4.67. The van der Waals surface area contributed by atoms with E-state index in [1.807, 2.05) is 32.2 Å². The molecule has 2 amide bonds. The van der Waals surface area contributed by atoms with Crippen molar-refractivity contribution in [1.29, 1.82) is 0 Å². The van der Waals surface area contributed by atoms with Crippen molar-refractivity contribution in [2.75, 3.05) is 32.0 Å². The van der Waals surface area contributed by atoms with Crippen LogP contribution in [0.2, 0.25) is 0 Å². The highest BCUT2D eigenvalue weighted by Crippen LogP contribution is 2.17. The van der Waals surface area contributed by atoms with E-state index in [1.54, 1.807) is 4.90 Å². The molecular weight excluding hydrogens is 242 g/mol. The molecule has 19 heavy (non-hydrogen) atoms. The summed E-state index contributed by atoms with van der Waals surface area (Å²) in [6, 6.07) is 5.61. The summed E-state index contributed by atoms with van der Waals surface area (Å²) >= 11 is 0. The number of rotatable bonds is 2. The largest absolute Gasteiger partial charge is 0.388 e. The van der Waals surface area contributed by atoms with Gasteiger partial charge in [-0.2, -0.15) is 0 Å². The van der Waals surface area contributed by atoms with Crippen molar-refractivity contribution in [3.8, 4) is 0 Å². The van der Waals surface area contributed by atoms with E-state index in [0.29, 0.717) is 31.6 Å². The number of hydrogen-bond donors (Lipinski definition) is 2. The molecule has 1 fully saturated rings. The lowest BCUT2D eigenvalue weighted by Crippen LogP contribution is -2.34. The van der Waals surface area contributed by atoms with Crippen LogP contribution in [0.1, 0.15) is 22.3 Å². The molecule has 0 aliphatic carbocycles. The van der Waals surface area contributed by atoms with Gasteiger partial charge < -0.3 is 15.5 Å². The molecular formula is C14H19N3O2. The van der Waals surface area contributed by atoms with Crippen molar-refractivity contribution in [2.45, 2.75) is 13.3 Å². The summed E-state index contributed by atoms with van der Waals surface area (Å²) in [6.07, 6.45) is 0.374. The summed E-state index contributed by atoms with van der Waals surface area (Å²) in [5, 5.41) is 5.84. The van der Waals surface area contributed by atoms with Crippen molar-refractivity contribution >= 4 is 17.5 Å². The third-order valence-electron chi connectivity index (χ3n) is 3.34. The van der Waals surface area contributed by atoms with Crippen LogP contribution in [0.5, 0.6) is 0 Å². The minimum Gasteiger partial charge on any atom is -0.388 e. The maximum Gasteiger partial charge on any atom is 0.253 e. The second kappa shape index (κ2) is 5.73. The van der Waals surface area contributed by atoms with Gasteiger partial charge in [-0.05, 0) is 30.7 Å². The van der Waals surface area contributed by atoms with Gasteiger partial charge in [0, 0.05) is 44.4 Å². The normalized spacial score (nSPS) is 15.7. The van der Waals surface area contributed by atoms with E-state index in [4.69, 9.17) is 0 Å². The molecule has 2 N–H and O–H groups in total. The number of nitrogens with one attached hydrogen (secondary N) is 2. The fraction of sp³-hybridized carbons (Fsp3) is 0.429. The van der Waals surface area contributed by atoms with Gasteiger partial charge in [-0.25, -0.2) is 0 Å². The van der Waals surface area contributed by atoms with Crippen LogP contribution >= 0.6 is 0 Å². The first-order valence-electron chi connectivity index (χ1n) is 6.46. The number of benzene rings is 1. The standard InChI is InChI=1S/C14H19N3O2/c1-10-9-11(3-4-12(10)15-2)14(19)17-7-5-13(18)16-6-8-17/h3-4,9,15H,5-8H2,1-2H3,(H,16,18). The average molecular weight is 261 g/mol. The average Bonchev–Trinajstić information content (AvgIpc) is 2.62. The van der Waals surface area contributed by atoms with Gasteiger partial charge >= 0.3 is 0 Å². The van der Waals surface area contributed by atoms with Gasteiger partial charge in [0.1, 0.15) is 0 Å². The Bertz CT molecular complexity index is 499. The van der Waals surface area contributed by atoms with E-state index in [1.165, 1.54) is 0 Å². The summed E-state index contributed by atoms with van der Waals surface area (Å²) in [4.78, 5) is 25.4. The fourth-order valence-corrected chi connectivity index (χ4v) is 2.23. The lowest BCUT2D eigenvalue weighted by Gasteiger charge is -2.20. The Morgan fingerprint density at radius 3 is 2.84 bits per heavy atom. The van der Waals surface area contributed by atoms with Crippen molar-refractivity contribution in [1.82, 2.24) is 10.2 Å². The highest BCUT2D eigenvalue weighted by molar-refractivity contribution is 5.95. The zero-order valence-corrected chi connectivity index (χ0v) is 11.3. The predicted octanol–water partition coefficient (Wildman–Crippen LogP) is 0.999. The van der Waals surface area contributed by atoms with Crippen LogP contribution in [-0.4, -0.2) is 43.4 Å². The van der Waals surface area contributed by atoms with Crippen molar-refractivity contribution in [3.63, 3.8) is 0 Å². The molecule has 1 aliphatic rings. The summed E-state index contributed by atoms with van der Waals surface area (Å²) in [6.45, 7) is 3.54. The number of carbonyl (C=O) groups is 2. The molecule has 1 aromatic rings. The van der Waals surface area contributed by atoms with Gasteiger partial charge in [0.05, 0.1) is 0 Å². The van der Waals surface area contributed by atoms with Crippen LogP contribution in [0.4, 0.5) is 5.69 Å². The molecule has 0 spiro atoms. The Morgan fingerprint density at radius 1 is 1.37 bits per heavy atom. The van der Waals surface area contributed by atoms with Crippen LogP contribution in [0.25, 0.3) is 0 Å². The lowest BCUT2D eigenvalue weighted by molar-refractivity contribution is -0.120. The van der Waals surface area contributed by atoms with Gasteiger partial charge in [-0.1, -0.05) is 0 Å². The molecule has 0 atom stereocenters. The number of aryl methyl sites for hydroxylation is 1. The molecule has 1 saturated heterocycles. The van der Waals surface area contributed by atoms with E-state index < -0.39 is 0 Å². The topological polar surface area (TPSA) is 61.4 Å². The maximum atomic E-state index is 12.4. The Labute approximate surface area is 113 Å². The molecule has 0 radical (unpaired) electrons. The predicted molar refractivity (Wildman–Crippen MR) is 74.3 cm³/mol. The molecule has 5 nitrogen and oxygen atoms in total. The summed E-state index contributed by atoms with van der Waals surface area (Å²) in [5.41, 5.74) is 2.73. The lowest BCUT2D eigenvalue weighted by atomic mass is 10.1. The SMILES string of the molecule is CNc1ccc(C(=O)N2CCNC(=O)CC2)cc1C. The van der Waals surface area contributed by atoms with Crippen LogP contribution in [0, 0.1) is 6.92 Å². The highest BCUT2D eigenvalue weighted by Gasteiger charge is 2.19. The summed E-state index contributed by atoms with van der Waals surface area (Å²) in [5.74, 6) is -0.000681. The molecule has 1 aromatic carbocycles. The van der Waals surface area contributed by atoms with Crippen molar-refractivity contribution < 1.29 is 9.59 Å². The van der Waals surface area contributed by atoms with Crippen LogP contribution in [0.15, 0.2) is 18.2 Å². The molecule has 1 heterocycles. The van der Waals surface area contributed by atoms with Crippen LogP contribution in [0.3, 0.4) is 0 Å². The molecule has 0 saturated carbocycles. The Hall–Kier alpha value is -2.04. The second-order valence-corrected chi connectivity index (χ2v) is 4.67. The fourth-order valence-electron chi connectivity index (χ4n) is 2.23. The first-order chi connectivity index (χ1) is 9.11. The van der Waals surface area contributed by atoms with Gasteiger partial charge in [0.15, 0.2) is 0 Å². The van der Waals surface area contributed by atoms with E-state index in [2.05, 4.69) is 10.6 Å². The Morgan fingerprint density at radius 2 is 2.16 bits per heavy atom. The molecule has 0 aromatic heterocycles. The van der Waals surface area contributed by atoms with E-state index in [-0.39, 0.29) is 11.8 Å². The van der Waals surface area contributed by atoms with E-state index >= 15 is 0 Å². The maximum absolute atomic E-state index is 12.4. The van der Waals surface area contributed by atoms with Crippen LogP contribution < -0.4 is 10.6 Å².